The van der Waals surface area contributed by atoms with Crippen LogP contribution in [0.1, 0.15) is 32.1 Å². The van der Waals surface area contributed by atoms with Crippen LogP contribution in [0.3, 0.4) is 0 Å². The van der Waals surface area contributed by atoms with E-state index in [0.717, 1.165) is 12.8 Å². The molecule has 0 aromatic carbocycles. The van der Waals surface area contributed by atoms with E-state index < -0.39 is 0 Å². The lowest BCUT2D eigenvalue weighted by Gasteiger charge is -2.15. The van der Waals surface area contributed by atoms with Gasteiger partial charge in [-0.2, -0.15) is 0 Å². The molecule has 0 radical (unpaired) electrons. The molecule has 1 aliphatic carbocycles. The number of rotatable bonds is 2. The molecule has 4 nitrogen and oxygen atoms in total. The lowest BCUT2D eigenvalue weighted by atomic mass is 9.96. The maximum Gasteiger partial charge on any atom is 0.189 e. The van der Waals surface area contributed by atoms with Crippen molar-refractivity contribution < 1.29 is 4.74 Å². The summed E-state index contributed by atoms with van der Waals surface area (Å²) >= 11 is 0. The van der Waals surface area contributed by atoms with Gasteiger partial charge >= 0.3 is 0 Å². The number of nitrogens with two attached hydrogens (primary N) is 1. The highest BCUT2D eigenvalue weighted by Crippen LogP contribution is 2.36. The Hall–Kier alpha value is -0.770. The van der Waals surface area contributed by atoms with Gasteiger partial charge in [-0.15, -0.1) is 0 Å². The van der Waals surface area contributed by atoms with Gasteiger partial charge in [-0.25, -0.2) is 4.99 Å². The van der Waals surface area contributed by atoms with Crippen LogP contribution >= 0.6 is 0 Å². The topological polar surface area (TPSA) is 59.6 Å². The zero-order chi connectivity index (χ0) is 9.54. The van der Waals surface area contributed by atoms with Crippen molar-refractivity contribution in [2.75, 3.05) is 0 Å². The van der Waals surface area contributed by atoms with Crippen LogP contribution in [0.2, 0.25) is 0 Å². The van der Waals surface area contributed by atoms with Crippen molar-refractivity contribution in [3.05, 3.63) is 0 Å². The zero-order valence-corrected chi connectivity index (χ0v) is 8.28. The minimum absolute atomic E-state index is 0.319. The molecule has 3 N–H and O–H groups in total. The molecule has 3 unspecified atom stereocenters. The molecule has 0 aromatic rings. The largest absolute Gasteiger partial charge is 0.373 e. The molecule has 3 rings (SSSR count). The van der Waals surface area contributed by atoms with Gasteiger partial charge in [-0.3, -0.25) is 0 Å². The average Bonchev–Trinajstić information content (AvgIpc) is 2.74. The van der Waals surface area contributed by atoms with Gasteiger partial charge < -0.3 is 15.8 Å². The molecule has 78 valence electrons. The van der Waals surface area contributed by atoms with Crippen LogP contribution in [0.4, 0.5) is 0 Å². The van der Waals surface area contributed by atoms with E-state index in [1.165, 1.54) is 19.3 Å². The van der Waals surface area contributed by atoms with Gasteiger partial charge in [-0.1, -0.05) is 0 Å². The molecular weight excluding hydrogens is 178 g/mol. The van der Waals surface area contributed by atoms with E-state index in [0.29, 0.717) is 30.3 Å². The van der Waals surface area contributed by atoms with Crippen LogP contribution < -0.4 is 11.1 Å². The summed E-state index contributed by atoms with van der Waals surface area (Å²) in [6, 6.07) is 0.915. The maximum absolute atomic E-state index is 5.81. The molecule has 2 heterocycles. The van der Waals surface area contributed by atoms with Crippen LogP contribution in [0, 0.1) is 0 Å². The third-order valence-electron chi connectivity index (χ3n) is 3.31. The Bertz CT molecular complexity index is 262. The van der Waals surface area contributed by atoms with Crippen LogP contribution in [-0.4, -0.2) is 30.3 Å². The SMILES string of the molecule is NC(=NC1CC2CCC1O2)NC1CC1. The van der Waals surface area contributed by atoms with Crippen LogP contribution in [-0.2, 0) is 4.74 Å². The summed E-state index contributed by atoms with van der Waals surface area (Å²) in [5, 5.41) is 3.21. The molecule has 3 fully saturated rings. The quantitative estimate of drug-likeness (QED) is 0.494. The number of ether oxygens (including phenoxy) is 1. The number of nitrogens with one attached hydrogen (secondary N) is 1. The van der Waals surface area contributed by atoms with Gasteiger partial charge in [-0.05, 0) is 32.1 Å². The van der Waals surface area contributed by atoms with Gasteiger partial charge in [0.1, 0.15) is 0 Å². The van der Waals surface area contributed by atoms with Crippen molar-refractivity contribution in [1.29, 1.82) is 0 Å². The third-order valence-corrected chi connectivity index (χ3v) is 3.31. The Morgan fingerprint density at radius 2 is 2.14 bits per heavy atom. The average molecular weight is 195 g/mol. The third kappa shape index (κ3) is 1.59. The standard InChI is InChI=1S/C10H17N3O/c11-10(12-6-1-2-6)13-8-5-7-3-4-9(8)14-7/h6-9H,1-5H2,(H3,11,12,13). The number of aliphatic imine (C=N–C) groups is 1. The molecule has 0 amide bonds. The highest BCUT2D eigenvalue weighted by molar-refractivity contribution is 5.78. The van der Waals surface area contributed by atoms with Crippen molar-refractivity contribution in [2.24, 2.45) is 10.7 Å². The van der Waals surface area contributed by atoms with E-state index in [2.05, 4.69) is 10.3 Å². The number of nitrogens with zero attached hydrogens (tertiary/aromatic N) is 1. The summed E-state index contributed by atoms with van der Waals surface area (Å²) in [4.78, 5) is 4.50. The van der Waals surface area contributed by atoms with Crippen molar-refractivity contribution in [3.8, 4) is 0 Å². The monoisotopic (exact) mass is 195 g/mol. The second-order valence-corrected chi connectivity index (χ2v) is 4.61. The van der Waals surface area contributed by atoms with Crippen molar-refractivity contribution in [2.45, 2.75) is 56.4 Å². The number of guanidine groups is 1. The van der Waals surface area contributed by atoms with Gasteiger partial charge in [0.2, 0.25) is 0 Å². The second-order valence-electron chi connectivity index (χ2n) is 4.61. The summed E-state index contributed by atoms with van der Waals surface area (Å²) in [5.74, 6) is 0.619. The van der Waals surface area contributed by atoms with Gasteiger partial charge in [0, 0.05) is 6.04 Å². The second kappa shape index (κ2) is 3.12. The van der Waals surface area contributed by atoms with Crippen molar-refractivity contribution >= 4 is 5.96 Å². The maximum atomic E-state index is 5.81. The molecular formula is C10H17N3O. The Morgan fingerprint density at radius 1 is 1.29 bits per heavy atom. The first-order valence-corrected chi connectivity index (χ1v) is 5.56. The van der Waals surface area contributed by atoms with Gasteiger partial charge in [0.15, 0.2) is 5.96 Å². The van der Waals surface area contributed by atoms with E-state index in [4.69, 9.17) is 10.5 Å². The predicted molar refractivity (Wildman–Crippen MR) is 54.1 cm³/mol. The number of fused-ring (bicyclic) bond motifs is 2. The fraction of sp³-hybridized carbons (Fsp3) is 0.900. The molecule has 3 aliphatic rings. The summed E-state index contributed by atoms with van der Waals surface area (Å²) in [6.45, 7) is 0. The fourth-order valence-corrected chi connectivity index (χ4v) is 2.40. The first-order chi connectivity index (χ1) is 6.81. The smallest absolute Gasteiger partial charge is 0.189 e. The fourth-order valence-electron chi connectivity index (χ4n) is 2.40. The minimum Gasteiger partial charge on any atom is -0.373 e. The van der Waals surface area contributed by atoms with E-state index in [1.54, 1.807) is 0 Å². The van der Waals surface area contributed by atoms with Gasteiger partial charge in [0.05, 0.1) is 18.2 Å². The zero-order valence-electron chi connectivity index (χ0n) is 8.28. The van der Waals surface area contributed by atoms with Crippen LogP contribution in [0.15, 0.2) is 4.99 Å². The Morgan fingerprint density at radius 3 is 2.71 bits per heavy atom. The molecule has 2 bridgehead atoms. The molecule has 1 saturated carbocycles. The normalized spacial score (nSPS) is 41.7. The summed E-state index contributed by atoms with van der Waals surface area (Å²) in [5.41, 5.74) is 5.81. The summed E-state index contributed by atoms with van der Waals surface area (Å²) < 4.78 is 5.72. The molecule has 0 spiro atoms. The van der Waals surface area contributed by atoms with Crippen molar-refractivity contribution in [1.82, 2.24) is 5.32 Å². The Kier molecular flexibility index (Phi) is 1.90. The molecule has 3 atom stereocenters. The van der Waals surface area contributed by atoms with Crippen LogP contribution in [0.5, 0.6) is 0 Å². The summed E-state index contributed by atoms with van der Waals surface area (Å²) in [6.07, 6.45) is 6.73. The van der Waals surface area contributed by atoms with Crippen molar-refractivity contribution in [3.63, 3.8) is 0 Å². The molecule has 4 heteroatoms. The Labute approximate surface area is 83.9 Å². The van der Waals surface area contributed by atoms with E-state index in [-0.39, 0.29) is 0 Å². The molecule has 14 heavy (non-hydrogen) atoms. The first kappa shape index (κ1) is 8.53. The highest BCUT2D eigenvalue weighted by Gasteiger charge is 2.40. The van der Waals surface area contributed by atoms with Crippen LogP contribution in [0.25, 0.3) is 0 Å². The predicted octanol–water partition coefficient (Wildman–Crippen LogP) is 0.373. The lowest BCUT2D eigenvalue weighted by Crippen LogP contribution is -2.36. The van der Waals surface area contributed by atoms with E-state index in [1.807, 2.05) is 0 Å². The molecule has 2 aliphatic heterocycles. The first-order valence-electron chi connectivity index (χ1n) is 5.56. The van der Waals surface area contributed by atoms with Gasteiger partial charge in [0.25, 0.3) is 0 Å². The minimum atomic E-state index is 0.319. The lowest BCUT2D eigenvalue weighted by molar-refractivity contribution is 0.101. The number of hydrogen-bond acceptors (Lipinski definition) is 2. The number of hydrogen-bond donors (Lipinski definition) is 2. The summed E-state index contributed by atoms with van der Waals surface area (Å²) in [7, 11) is 0. The highest BCUT2D eigenvalue weighted by atomic mass is 16.5. The van der Waals surface area contributed by atoms with E-state index in [9.17, 15) is 0 Å². The molecule has 2 saturated heterocycles. The van der Waals surface area contributed by atoms with E-state index >= 15 is 0 Å². The Balaban J connectivity index is 1.59. The molecule has 0 aromatic heterocycles.